The van der Waals surface area contributed by atoms with Crippen LogP contribution in [0.15, 0.2) is 24.3 Å². The van der Waals surface area contributed by atoms with Crippen LogP contribution in [0.25, 0.3) is 0 Å². The van der Waals surface area contributed by atoms with Gasteiger partial charge < -0.3 is 9.84 Å². The van der Waals surface area contributed by atoms with Crippen molar-refractivity contribution in [2.24, 2.45) is 0 Å². The van der Waals surface area contributed by atoms with E-state index >= 15 is 0 Å². The smallest absolute Gasteiger partial charge is 0.327 e. The largest absolute Gasteiger partial charge is 0.491 e. The number of hydrogen-bond acceptors (Lipinski definition) is 3. The summed E-state index contributed by atoms with van der Waals surface area (Å²) in [5.74, 6) is -1.04. The summed E-state index contributed by atoms with van der Waals surface area (Å²) in [5.41, 5.74) is -1.15. The van der Waals surface area contributed by atoms with Gasteiger partial charge in [-0.15, -0.1) is 0 Å². The van der Waals surface area contributed by atoms with Crippen molar-refractivity contribution in [3.05, 3.63) is 30.1 Å². The first kappa shape index (κ1) is 12.8. The SMILES string of the molecule is CC(COc1cccc(F)c1)(NC1CC1)C(=O)O. The van der Waals surface area contributed by atoms with Crippen molar-refractivity contribution in [1.29, 1.82) is 0 Å². The fourth-order valence-electron chi connectivity index (χ4n) is 1.63. The van der Waals surface area contributed by atoms with Crippen LogP contribution in [0.4, 0.5) is 4.39 Å². The van der Waals surface area contributed by atoms with Crippen molar-refractivity contribution in [3.8, 4) is 5.75 Å². The molecule has 1 atom stereocenters. The normalized spacial score (nSPS) is 18.1. The molecule has 1 aliphatic rings. The molecule has 2 rings (SSSR count). The summed E-state index contributed by atoms with van der Waals surface area (Å²) in [6.45, 7) is 1.54. The van der Waals surface area contributed by atoms with E-state index in [1.165, 1.54) is 18.2 Å². The molecule has 98 valence electrons. The van der Waals surface area contributed by atoms with Gasteiger partial charge in [-0.2, -0.15) is 0 Å². The Balaban J connectivity index is 1.98. The number of carboxylic acid groups (broad SMARTS) is 1. The predicted octanol–water partition coefficient (Wildman–Crippen LogP) is 1.80. The Kier molecular flexibility index (Phi) is 3.52. The predicted molar refractivity (Wildman–Crippen MR) is 64.1 cm³/mol. The fourth-order valence-corrected chi connectivity index (χ4v) is 1.63. The minimum Gasteiger partial charge on any atom is -0.491 e. The molecule has 1 aliphatic carbocycles. The molecule has 1 aromatic carbocycles. The monoisotopic (exact) mass is 253 g/mol. The van der Waals surface area contributed by atoms with Gasteiger partial charge in [0.05, 0.1) is 0 Å². The van der Waals surface area contributed by atoms with Crippen molar-refractivity contribution < 1.29 is 19.0 Å². The van der Waals surface area contributed by atoms with E-state index in [1.54, 1.807) is 13.0 Å². The van der Waals surface area contributed by atoms with E-state index in [2.05, 4.69) is 5.32 Å². The second-order valence-corrected chi connectivity index (χ2v) is 4.80. The van der Waals surface area contributed by atoms with E-state index in [4.69, 9.17) is 4.74 Å². The van der Waals surface area contributed by atoms with Crippen LogP contribution >= 0.6 is 0 Å². The Morgan fingerprint density at radius 2 is 2.33 bits per heavy atom. The lowest BCUT2D eigenvalue weighted by Crippen LogP contribution is -2.54. The van der Waals surface area contributed by atoms with Crippen LogP contribution in [0.5, 0.6) is 5.75 Å². The molecule has 0 heterocycles. The number of benzene rings is 1. The first-order valence-corrected chi connectivity index (χ1v) is 5.89. The molecule has 18 heavy (non-hydrogen) atoms. The Morgan fingerprint density at radius 3 is 2.89 bits per heavy atom. The number of hydrogen-bond donors (Lipinski definition) is 2. The lowest BCUT2D eigenvalue weighted by molar-refractivity contribution is -0.145. The summed E-state index contributed by atoms with van der Waals surface area (Å²) in [6, 6.07) is 5.92. The van der Waals surface area contributed by atoms with Gasteiger partial charge in [0, 0.05) is 12.1 Å². The van der Waals surface area contributed by atoms with Gasteiger partial charge >= 0.3 is 5.97 Å². The van der Waals surface area contributed by atoms with E-state index in [9.17, 15) is 14.3 Å². The third kappa shape index (κ3) is 3.20. The molecule has 0 saturated heterocycles. The average molecular weight is 253 g/mol. The van der Waals surface area contributed by atoms with Crippen molar-refractivity contribution >= 4 is 5.97 Å². The Labute approximate surface area is 105 Å². The van der Waals surface area contributed by atoms with Gasteiger partial charge in [-0.3, -0.25) is 10.1 Å². The Hall–Kier alpha value is -1.62. The highest BCUT2D eigenvalue weighted by Gasteiger charge is 2.39. The average Bonchev–Trinajstić information content (AvgIpc) is 3.10. The van der Waals surface area contributed by atoms with Crippen molar-refractivity contribution in [2.75, 3.05) is 6.61 Å². The molecule has 1 fully saturated rings. The minimum absolute atomic E-state index is 0.0394. The molecule has 0 radical (unpaired) electrons. The molecule has 4 nitrogen and oxygen atoms in total. The van der Waals surface area contributed by atoms with E-state index in [0.29, 0.717) is 5.75 Å². The molecule has 0 amide bonds. The van der Waals surface area contributed by atoms with Crippen LogP contribution in [0, 0.1) is 5.82 Å². The van der Waals surface area contributed by atoms with Gasteiger partial charge in [-0.05, 0) is 31.9 Å². The molecule has 1 unspecified atom stereocenters. The lowest BCUT2D eigenvalue weighted by Gasteiger charge is -2.26. The fraction of sp³-hybridized carbons (Fsp3) is 0.462. The molecular formula is C13H16FNO3. The minimum atomic E-state index is -1.15. The number of halogens is 1. The Morgan fingerprint density at radius 1 is 1.61 bits per heavy atom. The van der Waals surface area contributed by atoms with Crippen molar-refractivity contribution in [1.82, 2.24) is 5.32 Å². The maximum Gasteiger partial charge on any atom is 0.327 e. The highest BCUT2D eigenvalue weighted by atomic mass is 19.1. The highest BCUT2D eigenvalue weighted by Crippen LogP contribution is 2.23. The molecule has 2 N–H and O–H groups in total. The van der Waals surface area contributed by atoms with E-state index < -0.39 is 17.3 Å². The molecule has 0 aliphatic heterocycles. The number of carboxylic acids is 1. The summed E-state index contributed by atoms with van der Waals surface area (Å²) in [7, 11) is 0. The zero-order valence-corrected chi connectivity index (χ0v) is 10.1. The van der Waals surface area contributed by atoms with Crippen LogP contribution in [0.2, 0.25) is 0 Å². The van der Waals surface area contributed by atoms with Gasteiger partial charge in [-0.25, -0.2) is 4.39 Å². The summed E-state index contributed by atoms with van der Waals surface area (Å²) >= 11 is 0. The summed E-state index contributed by atoms with van der Waals surface area (Å²) in [4.78, 5) is 11.3. The van der Waals surface area contributed by atoms with E-state index in [-0.39, 0.29) is 12.6 Å². The van der Waals surface area contributed by atoms with Gasteiger partial charge in [-0.1, -0.05) is 6.07 Å². The zero-order chi connectivity index (χ0) is 13.2. The van der Waals surface area contributed by atoms with Gasteiger partial charge in [0.25, 0.3) is 0 Å². The number of rotatable bonds is 6. The summed E-state index contributed by atoms with van der Waals surface area (Å²) in [5, 5.41) is 12.3. The van der Waals surface area contributed by atoms with Gasteiger partial charge in [0.15, 0.2) is 0 Å². The number of ether oxygens (including phenoxy) is 1. The van der Waals surface area contributed by atoms with E-state index in [1.807, 2.05) is 0 Å². The van der Waals surface area contributed by atoms with Gasteiger partial charge in [0.1, 0.15) is 23.7 Å². The summed E-state index contributed by atoms with van der Waals surface area (Å²) < 4.78 is 18.3. The van der Waals surface area contributed by atoms with E-state index in [0.717, 1.165) is 12.8 Å². The molecule has 0 aromatic heterocycles. The Bertz CT molecular complexity index is 448. The topological polar surface area (TPSA) is 58.6 Å². The summed E-state index contributed by atoms with van der Waals surface area (Å²) in [6.07, 6.45) is 1.98. The maximum absolute atomic E-state index is 13.0. The number of carbonyl (C=O) groups is 1. The van der Waals surface area contributed by atoms with Crippen LogP contribution in [0.3, 0.4) is 0 Å². The molecule has 0 bridgehead atoms. The molecule has 1 aromatic rings. The van der Waals surface area contributed by atoms with Crippen molar-refractivity contribution in [3.63, 3.8) is 0 Å². The number of aliphatic carboxylic acids is 1. The molecule has 0 spiro atoms. The van der Waals surface area contributed by atoms with Crippen LogP contribution in [0.1, 0.15) is 19.8 Å². The molecule has 1 saturated carbocycles. The third-order valence-electron chi connectivity index (χ3n) is 2.90. The standard InChI is InChI=1S/C13H16FNO3/c1-13(12(16)17,15-10-5-6-10)8-18-11-4-2-3-9(14)7-11/h2-4,7,10,15H,5-6,8H2,1H3,(H,16,17). The molecular weight excluding hydrogens is 237 g/mol. The quantitative estimate of drug-likeness (QED) is 0.811. The maximum atomic E-state index is 13.0. The zero-order valence-electron chi connectivity index (χ0n) is 10.1. The lowest BCUT2D eigenvalue weighted by atomic mass is 10.0. The third-order valence-corrected chi connectivity index (χ3v) is 2.90. The van der Waals surface area contributed by atoms with Crippen LogP contribution in [-0.4, -0.2) is 29.3 Å². The second kappa shape index (κ2) is 4.94. The van der Waals surface area contributed by atoms with Crippen LogP contribution in [-0.2, 0) is 4.79 Å². The first-order chi connectivity index (χ1) is 8.49. The highest BCUT2D eigenvalue weighted by molar-refractivity contribution is 5.78. The second-order valence-electron chi connectivity index (χ2n) is 4.80. The number of nitrogens with one attached hydrogen (secondary N) is 1. The van der Waals surface area contributed by atoms with Crippen LogP contribution < -0.4 is 10.1 Å². The molecule has 5 heteroatoms. The van der Waals surface area contributed by atoms with Crippen molar-refractivity contribution in [2.45, 2.75) is 31.3 Å². The van der Waals surface area contributed by atoms with Gasteiger partial charge in [0.2, 0.25) is 0 Å². The first-order valence-electron chi connectivity index (χ1n) is 5.89.